The fraction of sp³-hybridized carbons (Fsp3) is 0.250. The zero-order chi connectivity index (χ0) is 13.9. The number of halogens is 1. The van der Waals surface area contributed by atoms with Gasteiger partial charge in [0.15, 0.2) is 11.7 Å². The van der Waals surface area contributed by atoms with Gasteiger partial charge in [-0.05, 0) is 37.6 Å². The Hall–Kier alpha value is -1.88. The van der Waals surface area contributed by atoms with Crippen molar-refractivity contribution in [3.8, 4) is 0 Å². The van der Waals surface area contributed by atoms with Crippen LogP contribution in [0.3, 0.4) is 0 Å². The number of aliphatic carboxylic acids is 1. The molecule has 1 rings (SSSR count). The number of anilines is 1. The molecule has 0 radical (unpaired) electrons. The van der Waals surface area contributed by atoms with E-state index in [0.29, 0.717) is 16.3 Å². The summed E-state index contributed by atoms with van der Waals surface area (Å²) < 4.78 is 0. The van der Waals surface area contributed by atoms with E-state index < -0.39 is 23.6 Å². The summed E-state index contributed by atoms with van der Waals surface area (Å²) in [6.07, 6.45) is 0. The van der Waals surface area contributed by atoms with Crippen molar-refractivity contribution in [3.05, 3.63) is 28.8 Å². The molecule has 0 aliphatic rings. The van der Waals surface area contributed by atoms with Crippen molar-refractivity contribution < 1.29 is 19.5 Å². The number of benzene rings is 1. The molecule has 1 aromatic rings. The second-order valence-corrected chi connectivity index (χ2v) is 4.27. The monoisotopic (exact) mass is 269 g/mol. The molecular weight excluding hydrogens is 258 g/mol. The van der Waals surface area contributed by atoms with E-state index in [1.807, 2.05) is 0 Å². The predicted molar refractivity (Wildman–Crippen MR) is 66.6 cm³/mol. The number of Topliss-reactive ketones (excluding diaryl/α,β-unsaturated/α-hetero) is 1. The molecule has 1 atom stereocenters. The van der Waals surface area contributed by atoms with Gasteiger partial charge in [-0.15, -0.1) is 0 Å². The summed E-state index contributed by atoms with van der Waals surface area (Å²) in [6, 6.07) is 4.74. The van der Waals surface area contributed by atoms with E-state index in [-0.39, 0.29) is 0 Å². The van der Waals surface area contributed by atoms with Gasteiger partial charge >= 0.3 is 5.97 Å². The van der Waals surface area contributed by atoms with Crippen molar-refractivity contribution >= 4 is 34.9 Å². The molecule has 0 bridgehead atoms. The average Bonchev–Trinajstić information content (AvgIpc) is 2.21. The molecule has 2 N–H and O–H groups in total. The zero-order valence-electron chi connectivity index (χ0n) is 9.86. The first-order chi connectivity index (χ1) is 8.32. The third kappa shape index (κ3) is 3.30. The number of amides is 1. The number of hydrogen-bond acceptors (Lipinski definition) is 3. The molecule has 0 spiro atoms. The Labute approximate surface area is 109 Å². The topological polar surface area (TPSA) is 83.5 Å². The van der Waals surface area contributed by atoms with E-state index in [1.54, 1.807) is 25.1 Å². The molecule has 0 saturated carbocycles. The molecule has 1 unspecified atom stereocenters. The molecule has 1 aromatic carbocycles. The van der Waals surface area contributed by atoms with Crippen LogP contribution < -0.4 is 5.32 Å². The number of carboxylic acids is 1. The van der Waals surface area contributed by atoms with E-state index in [9.17, 15) is 14.4 Å². The first-order valence-corrected chi connectivity index (χ1v) is 5.51. The maximum Gasteiger partial charge on any atom is 0.323 e. The van der Waals surface area contributed by atoms with Crippen LogP contribution in [0.1, 0.15) is 12.5 Å². The molecule has 1 amide bonds. The SMILES string of the molecule is CC(=O)C(C(=O)O)C(=O)Nc1ccc(Cl)cc1C. The first-order valence-electron chi connectivity index (χ1n) is 5.13. The fourth-order valence-corrected chi connectivity index (χ4v) is 1.67. The lowest BCUT2D eigenvalue weighted by Gasteiger charge is -2.12. The van der Waals surface area contributed by atoms with Gasteiger partial charge in [-0.2, -0.15) is 0 Å². The summed E-state index contributed by atoms with van der Waals surface area (Å²) in [5.74, 6) is -4.74. The van der Waals surface area contributed by atoms with E-state index in [0.717, 1.165) is 6.92 Å². The van der Waals surface area contributed by atoms with Gasteiger partial charge in [0.2, 0.25) is 5.91 Å². The quantitative estimate of drug-likeness (QED) is 0.818. The van der Waals surface area contributed by atoms with Crippen LogP contribution in [-0.4, -0.2) is 22.8 Å². The second-order valence-electron chi connectivity index (χ2n) is 3.83. The van der Waals surface area contributed by atoms with Crippen LogP contribution in [-0.2, 0) is 14.4 Å². The molecule has 0 aromatic heterocycles. The second kappa shape index (κ2) is 5.64. The Morgan fingerprint density at radius 2 is 1.94 bits per heavy atom. The number of nitrogens with one attached hydrogen (secondary N) is 1. The maximum atomic E-state index is 11.7. The van der Waals surface area contributed by atoms with Crippen LogP contribution in [0.15, 0.2) is 18.2 Å². The highest BCUT2D eigenvalue weighted by Crippen LogP contribution is 2.20. The third-order valence-corrected chi connectivity index (χ3v) is 2.60. The Morgan fingerprint density at radius 3 is 2.39 bits per heavy atom. The highest BCUT2D eigenvalue weighted by atomic mass is 35.5. The standard InChI is InChI=1S/C12H12ClNO4/c1-6-5-8(13)3-4-9(6)14-11(16)10(7(2)15)12(17)18/h3-5,10H,1-2H3,(H,14,16)(H,17,18). The minimum absolute atomic E-state index is 0.428. The van der Waals surface area contributed by atoms with Gasteiger partial charge in [0.25, 0.3) is 0 Å². The molecular formula is C12H12ClNO4. The summed E-state index contributed by atoms with van der Waals surface area (Å²) in [5.41, 5.74) is 1.11. The van der Waals surface area contributed by atoms with Crippen molar-refractivity contribution in [2.24, 2.45) is 5.92 Å². The molecule has 0 fully saturated rings. The Morgan fingerprint density at radius 1 is 1.33 bits per heavy atom. The van der Waals surface area contributed by atoms with Gasteiger partial charge in [-0.1, -0.05) is 11.6 Å². The Kier molecular flexibility index (Phi) is 4.44. The molecule has 0 aliphatic carbocycles. The lowest BCUT2D eigenvalue weighted by Crippen LogP contribution is -2.34. The molecule has 96 valence electrons. The number of carboxylic acid groups (broad SMARTS) is 1. The summed E-state index contributed by atoms with van der Waals surface area (Å²) >= 11 is 5.76. The molecule has 0 aliphatic heterocycles. The smallest absolute Gasteiger partial charge is 0.323 e. The van der Waals surface area contributed by atoms with Crippen molar-refractivity contribution in [1.29, 1.82) is 0 Å². The van der Waals surface area contributed by atoms with E-state index >= 15 is 0 Å². The highest BCUT2D eigenvalue weighted by Gasteiger charge is 2.31. The predicted octanol–water partition coefficient (Wildman–Crippen LogP) is 1.88. The van der Waals surface area contributed by atoms with Crippen LogP contribution >= 0.6 is 11.6 Å². The Balaban J connectivity index is 2.93. The van der Waals surface area contributed by atoms with Crippen LogP contribution in [0.2, 0.25) is 5.02 Å². The fourth-order valence-electron chi connectivity index (χ4n) is 1.44. The maximum absolute atomic E-state index is 11.7. The van der Waals surface area contributed by atoms with Crippen LogP contribution in [0.5, 0.6) is 0 Å². The summed E-state index contributed by atoms with van der Waals surface area (Å²) in [5, 5.41) is 11.7. The number of rotatable bonds is 4. The van der Waals surface area contributed by atoms with Gasteiger partial charge in [0.05, 0.1) is 0 Å². The van der Waals surface area contributed by atoms with E-state index in [1.165, 1.54) is 0 Å². The van der Waals surface area contributed by atoms with Crippen molar-refractivity contribution in [2.75, 3.05) is 5.32 Å². The van der Waals surface area contributed by atoms with Crippen LogP contribution in [0.25, 0.3) is 0 Å². The molecule has 5 nitrogen and oxygen atoms in total. The lowest BCUT2D eigenvalue weighted by atomic mass is 10.0. The van der Waals surface area contributed by atoms with Crippen molar-refractivity contribution in [1.82, 2.24) is 0 Å². The average molecular weight is 270 g/mol. The van der Waals surface area contributed by atoms with Crippen molar-refractivity contribution in [3.63, 3.8) is 0 Å². The summed E-state index contributed by atoms with van der Waals surface area (Å²) in [7, 11) is 0. The van der Waals surface area contributed by atoms with Gasteiger partial charge < -0.3 is 10.4 Å². The van der Waals surface area contributed by atoms with E-state index in [2.05, 4.69) is 5.32 Å². The molecule has 0 heterocycles. The molecule has 0 saturated heterocycles. The number of aryl methyl sites for hydroxylation is 1. The number of ketones is 1. The van der Waals surface area contributed by atoms with Crippen LogP contribution in [0, 0.1) is 12.8 Å². The summed E-state index contributed by atoms with van der Waals surface area (Å²) in [6.45, 7) is 2.78. The van der Waals surface area contributed by atoms with Gasteiger partial charge in [-0.25, -0.2) is 0 Å². The molecule has 18 heavy (non-hydrogen) atoms. The van der Waals surface area contributed by atoms with Gasteiger partial charge in [0, 0.05) is 10.7 Å². The largest absolute Gasteiger partial charge is 0.480 e. The zero-order valence-corrected chi connectivity index (χ0v) is 10.6. The van der Waals surface area contributed by atoms with Gasteiger partial charge in [-0.3, -0.25) is 14.4 Å². The third-order valence-electron chi connectivity index (χ3n) is 2.36. The minimum atomic E-state index is -1.69. The first kappa shape index (κ1) is 14.2. The summed E-state index contributed by atoms with van der Waals surface area (Å²) in [4.78, 5) is 33.6. The molecule has 6 heteroatoms. The Bertz CT molecular complexity index is 499. The number of carbonyl (C=O) groups is 3. The lowest BCUT2D eigenvalue weighted by molar-refractivity contribution is -0.149. The van der Waals surface area contributed by atoms with Crippen LogP contribution in [0.4, 0.5) is 5.69 Å². The number of carbonyl (C=O) groups excluding carboxylic acids is 2. The van der Waals surface area contributed by atoms with Gasteiger partial charge in [0.1, 0.15) is 0 Å². The number of hydrogen-bond donors (Lipinski definition) is 2. The highest BCUT2D eigenvalue weighted by molar-refractivity contribution is 6.30. The minimum Gasteiger partial charge on any atom is -0.480 e. The normalized spacial score (nSPS) is 11.7. The van der Waals surface area contributed by atoms with E-state index in [4.69, 9.17) is 16.7 Å². The van der Waals surface area contributed by atoms with Crippen molar-refractivity contribution in [2.45, 2.75) is 13.8 Å².